The average Bonchev–Trinajstić information content (AvgIpc) is 2.23. The lowest BCUT2D eigenvalue weighted by Gasteiger charge is -2.15. The van der Waals surface area contributed by atoms with E-state index < -0.39 is 5.97 Å². The Morgan fingerprint density at radius 1 is 1.41 bits per heavy atom. The maximum atomic E-state index is 11.2. The molecule has 3 nitrogen and oxygen atoms in total. The summed E-state index contributed by atoms with van der Waals surface area (Å²) in [6, 6.07) is 1.68. The van der Waals surface area contributed by atoms with Crippen LogP contribution in [0.2, 0.25) is 0 Å². The Kier molecular flexibility index (Phi) is 4.16. The van der Waals surface area contributed by atoms with Crippen LogP contribution in [-0.2, 0) is 6.42 Å². The third-order valence-corrected chi connectivity index (χ3v) is 3.17. The number of anilines is 1. The number of carboxylic acid groups (broad SMARTS) is 1. The van der Waals surface area contributed by atoms with Gasteiger partial charge in [0.05, 0.1) is 5.56 Å². The molecule has 0 aliphatic heterocycles. The van der Waals surface area contributed by atoms with Crippen LogP contribution in [0.4, 0.5) is 5.69 Å². The molecule has 0 atom stereocenters. The van der Waals surface area contributed by atoms with Gasteiger partial charge in [-0.25, -0.2) is 4.79 Å². The Bertz CT molecular complexity index is 436. The van der Waals surface area contributed by atoms with Crippen molar-refractivity contribution in [3.8, 4) is 0 Å². The maximum Gasteiger partial charge on any atom is 0.335 e. The van der Waals surface area contributed by atoms with Crippen LogP contribution >= 0.6 is 0 Å². The minimum Gasteiger partial charge on any atom is -0.478 e. The highest BCUT2D eigenvalue weighted by Crippen LogP contribution is 2.26. The number of aromatic carboxylic acids is 1. The predicted octanol–water partition coefficient (Wildman–Crippen LogP) is 3.17. The monoisotopic (exact) mass is 235 g/mol. The minimum absolute atomic E-state index is 0.398. The van der Waals surface area contributed by atoms with E-state index in [-0.39, 0.29) is 0 Å². The Balaban J connectivity index is 3.24. The van der Waals surface area contributed by atoms with Crippen molar-refractivity contribution in [2.75, 3.05) is 5.73 Å². The molecular weight excluding hydrogens is 214 g/mol. The summed E-state index contributed by atoms with van der Waals surface area (Å²) in [6.45, 7) is 8.02. The van der Waals surface area contributed by atoms with Crippen molar-refractivity contribution in [2.24, 2.45) is 5.92 Å². The molecule has 0 heterocycles. The quantitative estimate of drug-likeness (QED) is 0.788. The third kappa shape index (κ3) is 2.99. The molecule has 17 heavy (non-hydrogen) atoms. The first kappa shape index (κ1) is 13.6. The van der Waals surface area contributed by atoms with Gasteiger partial charge in [-0.1, -0.05) is 13.8 Å². The van der Waals surface area contributed by atoms with E-state index in [2.05, 4.69) is 13.8 Å². The molecule has 0 fully saturated rings. The lowest BCUT2D eigenvalue weighted by Crippen LogP contribution is -2.09. The van der Waals surface area contributed by atoms with Crippen LogP contribution in [0.25, 0.3) is 0 Å². The standard InChI is InChI=1S/C14H21NO2/c1-8(2)5-6-11-10(4)13(15)9(3)7-12(11)14(16)17/h7-8H,5-6,15H2,1-4H3,(H,16,17). The normalized spacial score (nSPS) is 10.9. The molecule has 0 saturated heterocycles. The molecule has 94 valence electrons. The summed E-state index contributed by atoms with van der Waals surface area (Å²) in [5, 5.41) is 9.23. The van der Waals surface area contributed by atoms with Crippen LogP contribution in [-0.4, -0.2) is 11.1 Å². The van der Waals surface area contributed by atoms with Gasteiger partial charge in [-0.05, 0) is 55.4 Å². The van der Waals surface area contributed by atoms with Crippen molar-refractivity contribution >= 4 is 11.7 Å². The van der Waals surface area contributed by atoms with Crippen LogP contribution in [0, 0.1) is 19.8 Å². The Hall–Kier alpha value is -1.51. The lowest BCUT2D eigenvalue weighted by molar-refractivity contribution is 0.0695. The maximum absolute atomic E-state index is 11.2. The number of nitrogen functional groups attached to an aromatic ring is 1. The summed E-state index contributed by atoms with van der Waals surface area (Å²) in [6.07, 6.45) is 1.75. The summed E-state index contributed by atoms with van der Waals surface area (Å²) >= 11 is 0. The van der Waals surface area contributed by atoms with Gasteiger partial charge in [0.15, 0.2) is 0 Å². The number of carboxylic acids is 1. The molecule has 0 bridgehead atoms. The summed E-state index contributed by atoms with van der Waals surface area (Å²) in [5.74, 6) is -0.312. The second-order valence-electron chi connectivity index (χ2n) is 5.00. The first-order valence-corrected chi connectivity index (χ1v) is 5.96. The Morgan fingerprint density at radius 3 is 2.47 bits per heavy atom. The zero-order valence-corrected chi connectivity index (χ0v) is 11.0. The average molecular weight is 235 g/mol. The molecule has 3 heteroatoms. The molecule has 0 saturated carbocycles. The van der Waals surface area contributed by atoms with E-state index in [0.717, 1.165) is 29.5 Å². The smallest absolute Gasteiger partial charge is 0.335 e. The second-order valence-corrected chi connectivity index (χ2v) is 5.00. The number of carbonyl (C=O) groups is 1. The van der Waals surface area contributed by atoms with Gasteiger partial charge in [0, 0.05) is 5.69 Å². The largest absolute Gasteiger partial charge is 0.478 e. The first-order valence-electron chi connectivity index (χ1n) is 5.96. The summed E-state index contributed by atoms with van der Waals surface area (Å²) in [5.41, 5.74) is 9.72. The van der Waals surface area contributed by atoms with Crippen molar-refractivity contribution in [3.63, 3.8) is 0 Å². The van der Waals surface area contributed by atoms with E-state index in [9.17, 15) is 9.90 Å². The van der Waals surface area contributed by atoms with Gasteiger partial charge in [-0.2, -0.15) is 0 Å². The van der Waals surface area contributed by atoms with E-state index in [1.807, 2.05) is 13.8 Å². The highest BCUT2D eigenvalue weighted by atomic mass is 16.4. The van der Waals surface area contributed by atoms with Gasteiger partial charge in [0.25, 0.3) is 0 Å². The lowest BCUT2D eigenvalue weighted by atomic mass is 9.91. The second kappa shape index (κ2) is 5.21. The number of benzene rings is 1. The van der Waals surface area contributed by atoms with Gasteiger partial charge in [0.1, 0.15) is 0 Å². The number of aryl methyl sites for hydroxylation is 1. The van der Waals surface area contributed by atoms with E-state index in [4.69, 9.17) is 5.73 Å². The van der Waals surface area contributed by atoms with Crippen LogP contribution in [0.5, 0.6) is 0 Å². The SMILES string of the molecule is Cc1cc(C(=O)O)c(CCC(C)C)c(C)c1N. The number of rotatable bonds is 4. The van der Waals surface area contributed by atoms with Crippen LogP contribution < -0.4 is 5.73 Å². The molecule has 1 rings (SSSR count). The van der Waals surface area contributed by atoms with E-state index in [0.29, 0.717) is 17.2 Å². The molecule has 0 aliphatic rings. The molecule has 3 N–H and O–H groups in total. The van der Waals surface area contributed by atoms with Crippen LogP contribution in [0.15, 0.2) is 6.07 Å². The van der Waals surface area contributed by atoms with E-state index in [1.165, 1.54) is 0 Å². The van der Waals surface area contributed by atoms with Gasteiger partial charge in [-0.15, -0.1) is 0 Å². The first-order chi connectivity index (χ1) is 7.84. The third-order valence-electron chi connectivity index (χ3n) is 3.17. The molecule has 0 radical (unpaired) electrons. The summed E-state index contributed by atoms with van der Waals surface area (Å²) in [7, 11) is 0. The van der Waals surface area contributed by atoms with Crippen LogP contribution in [0.1, 0.15) is 47.3 Å². The Morgan fingerprint density at radius 2 is 2.00 bits per heavy atom. The number of nitrogens with two attached hydrogens (primary N) is 1. The van der Waals surface area contributed by atoms with Gasteiger partial charge in [0.2, 0.25) is 0 Å². The van der Waals surface area contributed by atoms with Crippen molar-refractivity contribution in [2.45, 2.75) is 40.5 Å². The van der Waals surface area contributed by atoms with Crippen molar-refractivity contribution in [1.82, 2.24) is 0 Å². The van der Waals surface area contributed by atoms with Gasteiger partial charge in [-0.3, -0.25) is 0 Å². The fraction of sp³-hybridized carbons (Fsp3) is 0.500. The highest BCUT2D eigenvalue weighted by molar-refractivity contribution is 5.91. The molecule has 0 unspecified atom stereocenters. The molecule has 0 spiro atoms. The topological polar surface area (TPSA) is 63.3 Å². The molecular formula is C14H21NO2. The van der Waals surface area contributed by atoms with E-state index in [1.54, 1.807) is 6.07 Å². The fourth-order valence-electron chi connectivity index (χ4n) is 1.99. The van der Waals surface area contributed by atoms with Crippen molar-refractivity contribution < 1.29 is 9.90 Å². The summed E-state index contributed by atoms with van der Waals surface area (Å²) < 4.78 is 0. The fourth-order valence-corrected chi connectivity index (χ4v) is 1.99. The molecule has 1 aromatic carbocycles. The van der Waals surface area contributed by atoms with E-state index >= 15 is 0 Å². The number of hydrogen-bond donors (Lipinski definition) is 2. The zero-order chi connectivity index (χ0) is 13.2. The predicted molar refractivity (Wildman–Crippen MR) is 70.4 cm³/mol. The van der Waals surface area contributed by atoms with Gasteiger partial charge < -0.3 is 10.8 Å². The van der Waals surface area contributed by atoms with Crippen molar-refractivity contribution in [3.05, 3.63) is 28.3 Å². The molecule has 0 amide bonds. The number of hydrogen-bond acceptors (Lipinski definition) is 2. The van der Waals surface area contributed by atoms with Crippen molar-refractivity contribution in [1.29, 1.82) is 0 Å². The van der Waals surface area contributed by atoms with Crippen LogP contribution in [0.3, 0.4) is 0 Å². The molecule has 0 aliphatic carbocycles. The van der Waals surface area contributed by atoms with Gasteiger partial charge >= 0.3 is 5.97 Å². The molecule has 1 aromatic rings. The Labute approximate surface area is 103 Å². The minimum atomic E-state index is -0.866. The molecule has 0 aromatic heterocycles. The highest BCUT2D eigenvalue weighted by Gasteiger charge is 2.16. The summed E-state index contributed by atoms with van der Waals surface area (Å²) in [4.78, 5) is 11.2. The zero-order valence-electron chi connectivity index (χ0n) is 11.0.